The number of fused-ring (bicyclic) bond motifs is 1. The third-order valence-electron chi connectivity index (χ3n) is 3.99. The fraction of sp³-hybridized carbons (Fsp3) is 0.238. The van der Waals surface area contributed by atoms with E-state index >= 15 is 0 Å². The molecule has 1 heterocycles. The number of esters is 2. The summed E-state index contributed by atoms with van der Waals surface area (Å²) in [5.41, 5.74) is 2.97. The van der Waals surface area contributed by atoms with Crippen molar-refractivity contribution in [2.24, 2.45) is 0 Å². The van der Waals surface area contributed by atoms with Crippen molar-refractivity contribution in [1.29, 1.82) is 0 Å². The van der Waals surface area contributed by atoms with E-state index in [0.29, 0.717) is 17.2 Å². The number of carbonyl (C=O) groups excluding carboxylic acids is 2. The molecule has 0 N–H and O–H groups in total. The van der Waals surface area contributed by atoms with Gasteiger partial charge in [-0.2, -0.15) is 0 Å². The summed E-state index contributed by atoms with van der Waals surface area (Å²) >= 11 is 0. The number of hydrogen-bond acceptors (Lipinski definition) is 5. The predicted molar refractivity (Wildman–Crippen MR) is 98.1 cm³/mol. The average Bonchev–Trinajstić information content (AvgIpc) is 2.60. The standard InChI is InChI=1S/C21H20O5/c1-4-20-19(15-5-8-17(9-6-15)24-13(2)22)11-16-7-10-18(25-14(3)23)12-21(16)26-20/h5-12,20H,4H2,1-3H3/t20-/m0/s1. The molecule has 0 spiro atoms. The number of hydrogen-bond donors (Lipinski definition) is 0. The van der Waals surface area contributed by atoms with Crippen molar-refractivity contribution < 1.29 is 23.8 Å². The highest BCUT2D eigenvalue weighted by Gasteiger charge is 2.23. The maximum Gasteiger partial charge on any atom is 0.308 e. The topological polar surface area (TPSA) is 61.8 Å². The Hall–Kier alpha value is -3.08. The Labute approximate surface area is 152 Å². The van der Waals surface area contributed by atoms with E-state index in [2.05, 4.69) is 6.08 Å². The van der Waals surface area contributed by atoms with Gasteiger partial charge in [-0.3, -0.25) is 9.59 Å². The highest BCUT2D eigenvalue weighted by molar-refractivity contribution is 5.87. The second-order valence-electron chi connectivity index (χ2n) is 6.03. The fourth-order valence-electron chi connectivity index (χ4n) is 2.90. The Balaban J connectivity index is 1.92. The molecule has 0 radical (unpaired) electrons. The summed E-state index contributed by atoms with van der Waals surface area (Å²) in [6, 6.07) is 12.7. The normalized spacial score (nSPS) is 15.3. The van der Waals surface area contributed by atoms with Crippen molar-refractivity contribution in [2.45, 2.75) is 33.3 Å². The monoisotopic (exact) mass is 352 g/mol. The van der Waals surface area contributed by atoms with Gasteiger partial charge in [-0.1, -0.05) is 19.1 Å². The van der Waals surface area contributed by atoms with Gasteiger partial charge in [-0.15, -0.1) is 0 Å². The molecule has 2 aromatic carbocycles. The molecule has 5 nitrogen and oxygen atoms in total. The molecule has 5 heteroatoms. The summed E-state index contributed by atoms with van der Waals surface area (Å²) in [4.78, 5) is 22.2. The average molecular weight is 352 g/mol. The quantitative estimate of drug-likeness (QED) is 0.608. The SMILES string of the molecule is CC[C@@H]1Oc2cc(OC(C)=O)ccc2C=C1c1ccc(OC(C)=O)cc1. The van der Waals surface area contributed by atoms with Crippen molar-refractivity contribution in [2.75, 3.05) is 0 Å². The fourth-order valence-corrected chi connectivity index (χ4v) is 2.90. The van der Waals surface area contributed by atoms with Gasteiger partial charge < -0.3 is 14.2 Å². The van der Waals surface area contributed by atoms with E-state index in [-0.39, 0.29) is 18.0 Å². The lowest BCUT2D eigenvalue weighted by Crippen LogP contribution is -2.21. The molecule has 0 saturated carbocycles. The van der Waals surface area contributed by atoms with Gasteiger partial charge in [-0.25, -0.2) is 0 Å². The van der Waals surface area contributed by atoms with Crippen LogP contribution in [0.4, 0.5) is 0 Å². The second-order valence-corrected chi connectivity index (χ2v) is 6.03. The molecule has 1 aliphatic heterocycles. The van der Waals surface area contributed by atoms with Crippen LogP contribution < -0.4 is 14.2 Å². The Morgan fingerprint density at radius 2 is 1.58 bits per heavy atom. The molecule has 0 fully saturated rings. The zero-order valence-electron chi connectivity index (χ0n) is 14.9. The van der Waals surface area contributed by atoms with Crippen molar-refractivity contribution in [3.05, 3.63) is 53.6 Å². The summed E-state index contributed by atoms with van der Waals surface area (Å²) < 4.78 is 16.3. The molecule has 0 unspecified atom stereocenters. The van der Waals surface area contributed by atoms with E-state index in [1.165, 1.54) is 13.8 Å². The van der Waals surface area contributed by atoms with E-state index in [1.807, 2.05) is 25.1 Å². The van der Waals surface area contributed by atoms with Gasteiger partial charge in [0.25, 0.3) is 0 Å². The number of carbonyl (C=O) groups is 2. The molecule has 2 aromatic rings. The maximum absolute atomic E-state index is 11.1. The van der Waals surface area contributed by atoms with E-state index in [1.54, 1.807) is 24.3 Å². The Morgan fingerprint density at radius 3 is 2.19 bits per heavy atom. The van der Waals surface area contributed by atoms with Crippen molar-refractivity contribution in [1.82, 2.24) is 0 Å². The summed E-state index contributed by atoms with van der Waals surface area (Å²) in [6.45, 7) is 4.79. The molecule has 0 bridgehead atoms. The molecule has 1 atom stereocenters. The van der Waals surface area contributed by atoms with Crippen LogP contribution in [0.1, 0.15) is 38.3 Å². The van der Waals surface area contributed by atoms with Crippen LogP contribution in [-0.2, 0) is 9.59 Å². The third kappa shape index (κ3) is 3.94. The smallest absolute Gasteiger partial charge is 0.308 e. The molecule has 26 heavy (non-hydrogen) atoms. The van der Waals surface area contributed by atoms with E-state index in [0.717, 1.165) is 23.1 Å². The van der Waals surface area contributed by atoms with Crippen LogP contribution >= 0.6 is 0 Å². The Bertz CT molecular complexity index is 864. The van der Waals surface area contributed by atoms with Crippen LogP contribution in [0.5, 0.6) is 17.2 Å². The highest BCUT2D eigenvalue weighted by atomic mass is 16.5. The Kier molecular flexibility index (Phi) is 5.07. The molecule has 3 rings (SSSR count). The molecule has 0 aromatic heterocycles. The summed E-state index contributed by atoms with van der Waals surface area (Å²) in [6.07, 6.45) is 2.75. The second kappa shape index (κ2) is 7.44. The Morgan fingerprint density at radius 1 is 0.962 bits per heavy atom. The van der Waals surface area contributed by atoms with Crippen LogP contribution in [0.3, 0.4) is 0 Å². The lowest BCUT2D eigenvalue weighted by molar-refractivity contribution is -0.132. The van der Waals surface area contributed by atoms with Crippen molar-refractivity contribution >= 4 is 23.6 Å². The van der Waals surface area contributed by atoms with Crippen LogP contribution in [0.2, 0.25) is 0 Å². The van der Waals surface area contributed by atoms with Gasteiger partial charge in [0.2, 0.25) is 0 Å². The van der Waals surface area contributed by atoms with Gasteiger partial charge in [-0.05, 0) is 42.3 Å². The van der Waals surface area contributed by atoms with E-state index in [9.17, 15) is 9.59 Å². The van der Waals surface area contributed by atoms with Crippen LogP contribution in [0.15, 0.2) is 42.5 Å². The summed E-state index contributed by atoms with van der Waals surface area (Å²) in [5.74, 6) is 0.960. The number of rotatable bonds is 4. The first-order chi connectivity index (χ1) is 12.5. The zero-order chi connectivity index (χ0) is 18.7. The van der Waals surface area contributed by atoms with Gasteiger partial charge in [0.15, 0.2) is 0 Å². The summed E-state index contributed by atoms with van der Waals surface area (Å²) in [7, 11) is 0. The molecule has 0 amide bonds. The molecular weight excluding hydrogens is 332 g/mol. The first-order valence-electron chi connectivity index (χ1n) is 8.46. The predicted octanol–water partition coefficient (Wildman–Crippen LogP) is 4.25. The van der Waals surface area contributed by atoms with Crippen molar-refractivity contribution in [3.8, 4) is 17.2 Å². The van der Waals surface area contributed by atoms with Gasteiger partial charge >= 0.3 is 11.9 Å². The first kappa shape index (κ1) is 17.7. The zero-order valence-corrected chi connectivity index (χ0v) is 14.9. The highest BCUT2D eigenvalue weighted by Crippen LogP contribution is 2.38. The molecule has 0 saturated heterocycles. The largest absolute Gasteiger partial charge is 0.485 e. The molecule has 1 aliphatic rings. The molecule has 134 valence electrons. The number of benzene rings is 2. The van der Waals surface area contributed by atoms with Gasteiger partial charge in [0.1, 0.15) is 23.4 Å². The maximum atomic E-state index is 11.1. The van der Waals surface area contributed by atoms with Crippen molar-refractivity contribution in [3.63, 3.8) is 0 Å². The molecular formula is C21H20O5. The summed E-state index contributed by atoms with van der Waals surface area (Å²) in [5, 5.41) is 0. The lowest BCUT2D eigenvalue weighted by Gasteiger charge is -2.27. The van der Waals surface area contributed by atoms with Crippen LogP contribution in [0, 0.1) is 0 Å². The number of ether oxygens (including phenoxy) is 3. The minimum atomic E-state index is -0.364. The van der Waals surface area contributed by atoms with E-state index in [4.69, 9.17) is 14.2 Å². The van der Waals surface area contributed by atoms with Gasteiger partial charge in [0, 0.05) is 31.1 Å². The minimum absolute atomic E-state index is 0.116. The van der Waals surface area contributed by atoms with Gasteiger partial charge in [0.05, 0.1) is 0 Å². The minimum Gasteiger partial charge on any atom is -0.485 e. The van der Waals surface area contributed by atoms with E-state index < -0.39 is 0 Å². The lowest BCUT2D eigenvalue weighted by atomic mass is 9.93. The third-order valence-corrected chi connectivity index (χ3v) is 3.99. The molecule has 0 aliphatic carbocycles. The van der Waals surface area contributed by atoms with Crippen LogP contribution in [-0.4, -0.2) is 18.0 Å². The van der Waals surface area contributed by atoms with Crippen LogP contribution in [0.25, 0.3) is 11.6 Å². The first-order valence-corrected chi connectivity index (χ1v) is 8.46.